The Labute approximate surface area is 149 Å². The van der Waals surface area contributed by atoms with Crippen molar-refractivity contribution in [2.45, 2.75) is 26.1 Å². The Morgan fingerprint density at radius 2 is 2.00 bits per heavy atom. The molecule has 1 N–H and O–H groups in total. The molecule has 0 spiro atoms. The van der Waals surface area contributed by atoms with Gasteiger partial charge >= 0.3 is 6.18 Å². The lowest BCUT2D eigenvalue weighted by Crippen LogP contribution is -2.34. The molecule has 10 heteroatoms. The fraction of sp³-hybridized carbons (Fsp3) is 0.250. The van der Waals surface area contributed by atoms with Crippen molar-refractivity contribution in [3.05, 3.63) is 51.4 Å². The molecule has 0 aliphatic rings. The normalized spacial score (nSPS) is 13.0. The molecule has 3 aromatic rings. The number of halogens is 3. The maximum Gasteiger partial charge on any atom is 0.435 e. The van der Waals surface area contributed by atoms with Crippen LogP contribution in [0.3, 0.4) is 0 Å². The molecule has 1 aromatic carbocycles. The standard InChI is InChI=1S/C16H13F3N4O2S/c1-8(23-14(24)6-5-13(22-23)16(17,18)19)15(25)21-10-3-4-12-11(7-10)20-9(2)26-12/h3-8H,1-2H3,(H,21,25). The molecule has 2 heterocycles. The van der Waals surface area contributed by atoms with Gasteiger partial charge in [0.15, 0.2) is 5.69 Å². The van der Waals surface area contributed by atoms with E-state index in [9.17, 15) is 22.8 Å². The molecular formula is C16H13F3N4O2S. The number of anilines is 1. The zero-order chi connectivity index (χ0) is 19.1. The minimum absolute atomic E-state index is 0.430. The van der Waals surface area contributed by atoms with Gasteiger partial charge in [-0.15, -0.1) is 11.3 Å². The number of amides is 1. The van der Waals surface area contributed by atoms with E-state index in [0.29, 0.717) is 22.0 Å². The third kappa shape index (κ3) is 3.59. The van der Waals surface area contributed by atoms with Crippen molar-refractivity contribution < 1.29 is 18.0 Å². The highest BCUT2D eigenvalue weighted by Crippen LogP contribution is 2.27. The quantitative estimate of drug-likeness (QED) is 0.753. The lowest BCUT2D eigenvalue weighted by molar-refractivity contribution is -0.142. The number of fused-ring (bicyclic) bond motifs is 1. The number of hydrogen-bond donors (Lipinski definition) is 1. The number of nitrogens with zero attached hydrogens (tertiary/aromatic N) is 3. The SMILES string of the molecule is Cc1nc2cc(NC(=O)C(C)n3nc(C(F)(F)F)ccc3=O)ccc2s1. The highest BCUT2D eigenvalue weighted by molar-refractivity contribution is 7.18. The van der Waals surface area contributed by atoms with Crippen molar-refractivity contribution in [1.82, 2.24) is 14.8 Å². The van der Waals surface area contributed by atoms with Crippen molar-refractivity contribution in [3.8, 4) is 0 Å². The van der Waals surface area contributed by atoms with E-state index in [1.54, 1.807) is 18.2 Å². The summed E-state index contributed by atoms with van der Waals surface area (Å²) in [7, 11) is 0. The fourth-order valence-electron chi connectivity index (χ4n) is 2.33. The highest BCUT2D eigenvalue weighted by Gasteiger charge is 2.34. The van der Waals surface area contributed by atoms with Gasteiger partial charge < -0.3 is 5.32 Å². The Morgan fingerprint density at radius 1 is 1.27 bits per heavy atom. The van der Waals surface area contributed by atoms with Crippen molar-refractivity contribution in [3.63, 3.8) is 0 Å². The molecule has 26 heavy (non-hydrogen) atoms. The minimum atomic E-state index is -4.71. The number of rotatable bonds is 3. The van der Waals surface area contributed by atoms with E-state index in [4.69, 9.17) is 0 Å². The summed E-state index contributed by atoms with van der Waals surface area (Å²) in [6, 6.07) is 5.21. The van der Waals surface area contributed by atoms with Crippen LogP contribution in [-0.2, 0) is 11.0 Å². The maximum atomic E-state index is 12.8. The van der Waals surface area contributed by atoms with Crippen molar-refractivity contribution in [1.29, 1.82) is 0 Å². The second kappa shape index (κ2) is 6.52. The average molecular weight is 382 g/mol. The topological polar surface area (TPSA) is 76.9 Å². The minimum Gasteiger partial charge on any atom is -0.324 e. The van der Waals surface area contributed by atoms with Crippen LogP contribution in [-0.4, -0.2) is 20.7 Å². The van der Waals surface area contributed by atoms with Gasteiger partial charge in [0.05, 0.1) is 15.2 Å². The fourth-order valence-corrected chi connectivity index (χ4v) is 3.14. The Morgan fingerprint density at radius 3 is 2.69 bits per heavy atom. The number of benzene rings is 1. The summed E-state index contributed by atoms with van der Waals surface area (Å²) >= 11 is 1.50. The molecule has 0 fully saturated rings. The number of carbonyl (C=O) groups is 1. The lowest BCUT2D eigenvalue weighted by Gasteiger charge is -2.15. The summed E-state index contributed by atoms with van der Waals surface area (Å²) in [5.74, 6) is -0.662. The van der Waals surface area contributed by atoms with Crippen LogP contribution in [0.25, 0.3) is 10.2 Å². The van der Waals surface area contributed by atoms with Gasteiger partial charge in [-0.05, 0) is 38.1 Å². The summed E-state index contributed by atoms with van der Waals surface area (Å²) in [4.78, 5) is 28.5. The monoisotopic (exact) mass is 382 g/mol. The highest BCUT2D eigenvalue weighted by atomic mass is 32.1. The van der Waals surface area contributed by atoms with E-state index >= 15 is 0 Å². The number of hydrogen-bond acceptors (Lipinski definition) is 5. The number of aryl methyl sites for hydroxylation is 1. The van der Waals surface area contributed by atoms with Gasteiger partial charge in [0.25, 0.3) is 5.56 Å². The van der Waals surface area contributed by atoms with Crippen molar-refractivity contribution in [2.24, 2.45) is 0 Å². The molecule has 0 aliphatic heterocycles. The molecule has 1 unspecified atom stereocenters. The van der Waals surface area contributed by atoms with E-state index in [2.05, 4.69) is 15.4 Å². The van der Waals surface area contributed by atoms with Gasteiger partial charge in [-0.2, -0.15) is 18.3 Å². The van der Waals surface area contributed by atoms with Gasteiger partial charge in [-0.1, -0.05) is 0 Å². The van der Waals surface area contributed by atoms with Gasteiger partial charge in [0.1, 0.15) is 6.04 Å². The molecule has 136 valence electrons. The third-order valence-electron chi connectivity index (χ3n) is 3.62. The van der Waals surface area contributed by atoms with Crippen LogP contribution >= 0.6 is 11.3 Å². The Balaban J connectivity index is 1.86. The van der Waals surface area contributed by atoms with Crippen LogP contribution in [0.1, 0.15) is 23.7 Å². The first-order valence-corrected chi connectivity index (χ1v) is 8.32. The predicted octanol–water partition coefficient (Wildman–Crippen LogP) is 3.38. The van der Waals surface area contributed by atoms with Gasteiger partial charge in [-0.25, -0.2) is 9.67 Å². The molecule has 0 aliphatic carbocycles. The zero-order valence-electron chi connectivity index (χ0n) is 13.7. The number of aromatic nitrogens is 3. The van der Waals surface area contributed by atoms with E-state index in [-0.39, 0.29) is 0 Å². The third-order valence-corrected chi connectivity index (χ3v) is 4.58. The van der Waals surface area contributed by atoms with E-state index in [1.165, 1.54) is 18.3 Å². The van der Waals surface area contributed by atoms with Crippen LogP contribution in [0, 0.1) is 6.92 Å². The molecule has 0 saturated heterocycles. The number of carbonyl (C=O) groups excluding carboxylic acids is 1. The van der Waals surface area contributed by atoms with Crippen molar-refractivity contribution >= 4 is 33.1 Å². The molecule has 1 atom stereocenters. The molecule has 1 amide bonds. The van der Waals surface area contributed by atoms with Crippen LogP contribution in [0.4, 0.5) is 18.9 Å². The van der Waals surface area contributed by atoms with Gasteiger partial charge in [0, 0.05) is 11.8 Å². The first-order valence-electron chi connectivity index (χ1n) is 7.50. The summed E-state index contributed by atoms with van der Waals surface area (Å²) < 4.78 is 39.8. The Kier molecular flexibility index (Phi) is 4.53. The maximum absolute atomic E-state index is 12.8. The number of nitrogens with one attached hydrogen (secondary N) is 1. The van der Waals surface area contributed by atoms with Gasteiger partial charge in [-0.3, -0.25) is 9.59 Å². The largest absolute Gasteiger partial charge is 0.435 e. The molecule has 2 aromatic heterocycles. The summed E-state index contributed by atoms with van der Waals surface area (Å²) in [6.07, 6.45) is -4.71. The number of alkyl halides is 3. The first kappa shape index (κ1) is 18.1. The van der Waals surface area contributed by atoms with E-state index < -0.39 is 29.4 Å². The predicted molar refractivity (Wildman–Crippen MR) is 91.2 cm³/mol. The first-order chi connectivity index (χ1) is 12.1. The summed E-state index contributed by atoms with van der Waals surface area (Å²) in [5, 5.41) is 6.71. The molecule has 0 bridgehead atoms. The summed E-state index contributed by atoms with van der Waals surface area (Å²) in [6.45, 7) is 3.16. The number of thiazole rings is 1. The Bertz CT molecular complexity index is 1040. The molecule has 6 nitrogen and oxygen atoms in total. The van der Waals surface area contributed by atoms with Crippen LogP contribution in [0.5, 0.6) is 0 Å². The summed E-state index contributed by atoms with van der Waals surface area (Å²) in [5.41, 5.74) is -0.908. The van der Waals surface area contributed by atoms with E-state index in [0.717, 1.165) is 15.8 Å². The molecule has 0 saturated carbocycles. The van der Waals surface area contributed by atoms with Crippen LogP contribution in [0.15, 0.2) is 35.1 Å². The van der Waals surface area contributed by atoms with Crippen LogP contribution in [0.2, 0.25) is 0 Å². The average Bonchev–Trinajstić information content (AvgIpc) is 2.92. The molecule has 0 radical (unpaired) electrons. The second-order valence-electron chi connectivity index (χ2n) is 5.58. The van der Waals surface area contributed by atoms with Crippen LogP contribution < -0.4 is 10.9 Å². The molecule has 3 rings (SSSR count). The van der Waals surface area contributed by atoms with Crippen molar-refractivity contribution in [2.75, 3.05) is 5.32 Å². The van der Waals surface area contributed by atoms with E-state index in [1.807, 2.05) is 6.92 Å². The lowest BCUT2D eigenvalue weighted by atomic mass is 10.2. The Hall–Kier alpha value is -2.75. The second-order valence-corrected chi connectivity index (χ2v) is 6.81. The van der Waals surface area contributed by atoms with Gasteiger partial charge in [0.2, 0.25) is 5.91 Å². The zero-order valence-corrected chi connectivity index (χ0v) is 14.5. The smallest absolute Gasteiger partial charge is 0.324 e. The molecular weight excluding hydrogens is 369 g/mol.